The molecule has 0 amide bonds. The van der Waals surface area contributed by atoms with Gasteiger partial charge in [0, 0.05) is 12.2 Å². The number of hydrogen-bond acceptors (Lipinski definition) is 3. The number of halogens is 3. The Kier molecular flexibility index (Phi) is 6.64. The molecule has 0 spiro atoms. The highest BCUT2D eigenvalue weighted by molar-refractivity contribution is 9.10. The SMILES string of the molecule is COc1cc(CNc2ccc(F)c(Cl)c2)cc(Br)c1OCc1cccc2ccccc12. The maximum Gasteiger partial charge on any atom is 0.175 e. The molecule has 0 saturated heterocycles. The molecule has 31 heavy (non-hydrogen) atoms. The van der Waals surface area contributed by atoms with Gasteiger partial charge < -0.3 is 14.8 Å². The standard InChI is InChI=1S/C25H20BrClFNO2/c1-30-24-12-16(14-29-19-9-10-23(28)22(27)13-19)11-21(26)25(24)31-15-18-7-4-6-17-5-2-3-8-20(17)18/h2-13,29H,14-15H2,1H3. The average molecular weight is 501 g/mol. The van der Waals surface area contributed by atoms with E-state index >= 15 is 0 Å². The Hall–Kier alpha value is -2.76. The predicted molar refractivity (Wildman–Crippen MR) is 128 cm³/mol. The maximum atomic E-state index is 13.3. The van der Waals surface area contributed by atoms with Crippen molar-refractivity contribution in [2.24, 2.45) is 0 Å². The Morgan fingerprint density at radius 3 is 2.61 bits per heavy atom. The Morgan fingerprint density at radius 2 is 1.81 bits per heavy atom. The van der Waals surface area contributed by atoms with E-state index in [1.807, 2.05) is 30.3 Å². The molecular formula is C25H20BrClFNO2. The zero-order valence-corrected chi connectivity index (χ0v) is 19.1. The lowest BCUT2D eigenvalue weighted by Gasteiger charge is -2.16. The van der Waals surface area contributed by atoms with Crippen molar-refractivity contribution in [1.82, 2.24) is 0 Å². The quantitative estimate of drug-likeness (QED) is 0.283. The number of fused-ring (bicyclic) bond motifs is 1. The van der Waals surface area contributed by atoms with Crippen LogP contribution in [0.15, 0.2) is 77.3 Å². The van der Waals surface area contributed by atoms with Crippen molar-refractivity contribution in [2.45, 2.75) is 13.2 Å². The summed E-state index contributed by atoms with van der Waals surface area (Å²) in [5.41, 5.74) is 2.81. The van der Waals surface area contributed by atoms with Crippen LogP contribution in [0.2, 0.25) is 5.02 Å². The molecule has 1 N–H and O–H groups in total. The molecule has 0 fully saturated rings. The summed E-state index contributed by atoms with van der Waals surface area (Å²) in [6.07, 6.45) is 0. The molecule has 0 radical (unpaired) electrons. The highest BCUT2D eigenvalue weighted by atomic mass is 79.9. The second kappa shape index (κ2) is 9.58. The number of benzene rings is 4. The summed E-state index contributed by atoms with van der Waals surface area (Å²) in [4.78, 5) is 0. The fraction of sp³-hybridized carbons (Fsp3) is 0.120. The van der Waals surface area contributed by atoms with Gasteiger partial charge in [-0.3, -0.25) is 0 Å². The smallest absolute Gasteiger partial charge is 0.175 e. The largest absolute Gasteiger partial charge is 0.493 e. The third-order valence-corrected chi connectivity index (χ3v) is 5.84. The second-order valence-corrected chi connectivity index (χ2v) is 8.28. The van der Waals surface area contributed by atoms with E-state index in [4.69, 9.17) is 21.1 Å². The summed E-state index contributed by atoms with van der Waals surface area (Å²) >= 11 is 9.46. The highest BCUT2D eigenvalue weighted by Crippen LogP contribution is 2.38. The first kappa shape index (κ1) is 21.5. The minimum atomic E-state index is -0.440. The number of hydrogen-bond donors (Lipinski definition) is 1. The average Bonchev–Trinajstić information content (AvgIpc) is 2.78. The molecule has 4 aromatic carbocycles. The fourth-order valence-electron chi connectivity index (χ4n) is 3.39. The van der Waals surface area contributed by atoms with Gasteiger partial charge in [0.2, 0.25) is 0 Å². The molecule has 0 aliphatic carbocycles. The van der Waals surface area contributed by atoms with Gasteiger partial charge in [-0.1, -0.05) is 54.1 Å². The van der Waals surface area contributed by atoms with Crippen LogP contribution in [0.4, 0.5) is 10.1 Å². The molecule has 0 aromatic heterocycles. The lowest BCUT2D eigenvalue weighted by Crippen LogP contribution is -2.03. The normalized spacial score (nSPS) is 10.8. The molecule has 0 aliphatic heterocycles. The van der Waals surface area contributed by atoms with Gasteiger partial charge in [0.1, 0.15) is 12.4 Å². The molecule has 0 bridgehead atoms. The number of rotatable bonds is 7. The lowest BCUT2D eigenvalue weighted by atomic mass is 10.1. The van der Waals surface area contributed by atoms with Gasteiger partial charge in [-0.15, -0.1) is 0 Å². The Bertz CT molecular complexity index is 1230. The van der Waals surface area contributed by atoms with Crippen molar-refractivity contribution in [3.05, 3.63) is 99.2 Å². The Morgan fingerprint density at radius 1 is 1.00 bits per heavy atom. The minimum absolute atomic E-state index is 0.0842. The monoisotopic (exact) mass is 499 g/mol. The molecule has 0 aliphatic rings. The van der Waals surface area contributed by atoms with E-state index in [2.05, 4.69) is 45.5 Å². The molecule has 6 heteroatoms. The van der Waals surface area contributed by atoms with Crippen molar-refractivity contribution in [3.63, 3.8) is 0 Å². The first-order valence-electron chi connectivity index (χ1n) is 9.70. The summed E-state index contributed by atoms with van der Waals surface area (Å²) < 4.78 is 25.9. The van der Waals surface area contributed by atoms with Crippen molar-refractivity contribution in [2.75, 3.05) is 12.4 Å². The van der Waals surface area contributed by atoms with Gasteiger partial charge in [-0.25, -0.2) is 4.39 Å². The predicted octanol–water partition coefficient (Wildman–Crippen LogP) is 7.59. The first-order chi connectivity index (χ1) is 15.0. The van der Waals surface area contributed by atoms with Gasteiger partial charge in [-0.05, 0) is 68.2 Å². The van der Waals surface area contributed by atoms with Crippen LogP contribution in [-0.4, -0.2) is 7.11 Å². The number of ether oxygens (including phenoxy) is 2. The summed E-state index contributed by atoms with van der Waals surface area (Å²) in [6.45, 7) is 0.933. The Labute approximate surface area is 193 Å². The molecule has 0 heterocycles. The number of anilines is 1. The number of nitrogens with one attached hydrogen (secondary N) is 1. The molecular weight excluding hydrogens is 481 g/mol. The van der Waals surface area contributed by atoms with Gasteiger partial charge in [-0.2, -0.15) is 0 Å². The van der Waals surface area contributed by atoms with E-state index in [0.717, 1.165) is 21.3 Å². The van der Waals surface area contributed by atoms with Gasteiger partial charge in [0.25, 0.3) is 0 Å². The lowest BCUT2D eigenvalue weighted by molar-refractivity contribution is 0.283. The topological polar surface area (TPSA) is 30.5 Å². The van der Waals surface area contributed by atoms with Crippen LogP contribution in [0.5, 0.6) is 11.5 Å². The third-order valence-electron chi connectivity index (χ3n) is 4.96. The van der Waals surface area contributed by atoms with Crippen LogP contribution in [0.3, 0.4) is 0 Å². The van der Waals surface area contributed by atoms with Crippen molar-refractivity contribution >= 4 is 44.0 Å². The maximum absolute atomic E-state index is 13.3. The van der Waals surface area contributed by atoms with Gasteiger partial charge in [0.15, 0.2) is 11.5 Å². The molecule has 3 nitrogen and oxygen atoms in total. The second-order valence-electron chi connectivity index (χ2n) is 7.02. The molecule has 4 aromatic rings. The van der Waals surface area contributed by atoms with Crippen LogP contribution >= 0.6 is 27.5 Å². The van der Waals surface area contributed by atoms with Crippen LogP contribution in [0, 0.1) is 5.82 Å². The fourth-order valence-corrected chi connectivity index (χ4v) is 4.18. The summed E-state index contributed by atoms with van der Waals surface area (Å²) in [5, 5.41) is 5.66. The zero-order valence-electron chi connectivity index (χ0n) is 16.8. The van der Waals surface area contributed by atoms with E-state index in [1.54, 1.807) is 19.2 Å². The zero-order chi connectivity index (χ0) is 21.8. The molecule has 0 saturated carbocycles. The van der Waals surface area contributed by atoms with Crippen LogP contribution < -0.4 is 14.8 Å². The van der Waals surface area contributed by atoms with Gasteiger partial charge >= 0.3 is 0 Å². The molecule has 158 valence electrons. The minimum Gasteiger partial charge on any atom is -0.493 e. The van der Waals surface area contributed by atoms with Gasteiger partial charge in [0.05, 0.1) is 16.6 Å². The summed E-state index contributed by atoms with van der Waals surface area (Å²) in [6, 6.07) is 22.9. The van der Waals surface area contributed by atoms with E-state index in [9.17, 15) is 4.39 Å². The summed E-state index contributed by atoms with van der Waals surface area (Å²) in [7, 11) is 1.61. The molecule has 0 atom stereocenters. The van der Waals surface area contributed by atoms with Crippen LogP contribution in [0.25, 0.3) is 10.8 Å². The Balaban J connectivity index is 1.51. The summed E-state index contributed by atoms with van der Waals surface area (Å²) in [5.74, 6) is 0.830. The van der Waals surface area contributed by atoms with E-state index < -0.39 is 5.82 Å². The van der Waals surface area contributed by atoms with E-state index in [0.29, 0.717) is 24.7 Å². The van der Waals surface area contributed by atoms with Crippen LogP contribution in [0.1, 0.15) is 11.1 Å². The molecule has 4 rings (SSSR count). The van der Waals surface area contributed by atoms with Crippen molar-refractivity contribution in [3.8, 4) is 11.5 Å². The number of methoxy groups -OCH3 is 1. The molecule has 0 unspecified atom stereocenters. The van der Waals surface area contributed by atoms with E-state index in [1.165, 1.54) is 16.8 Å². The highest BCUT2D eigenvalue weighted by Gasteiger charge is 2.13. The van der Waals surface area contributed by atoms with Crippen molar-refractivity contribution < 1.29 is 13.9 Å². The van der Waals surface area contributed by atoms with Crippen LogP contribution in [-0.2, 0) is 13.2 Å². The first-order valence-corrected chi connectivity index (χ1v) is 10.9. The van der Waals surface area contributed by atoms with Crippen molar-refractivity contribution in [1.29, 1.82) is 0 Å². The third kappa shape index (κ3) is 4.94. The van der Waals surface area contributed by atoms with E-state index in [-0.39, 0.29) is 5.02 Å².